The molecule has 1 amide bonds. The molecule has 98 valence electrons. The molecule has 1 aliphatic rings. The number of hydrogen-bond donors (Lipinski definition) is 0. The molecule has 1 saturated heterocycles. The summed E-state index contributed by atoms with van der Waals surface area (Å²) in [5, 5.41) is 0. The number of hydrogen-bond acceptors (Lipinski definition) is 2. The molecule has 1 aliphatic heterocycles. The van der Waals surface area contributed by atoms with Gasteiger partial charge in [-0.2, -0.15) is 0 Å². The van der Waals surface area contributed by atoms with Crippen molar-refractivity contribution in [3.05, 3.63) is 35.4 Å². The fourth-order valence-electron chi connectivity index (χ4n) is 2.44. The Labute approximate surface area is 109 Å². The van der Waals surface area contributed by atoms with Crippen molar-refractivity contribution >= 4 is 6.09 Å². The molecule has 1 unspecified atom stereocenters. The van der Waals surface area contributed by atoms with E-state index in [1.54, 1.807) is 11.9 Å². The van der Waals surface area contributed by atoms with Crippen LogP contribution in [0.15, 0.2) is 24.3 Å². The van der Waals surface area contributed by atoms with E-state index in [4.69, 9.17) is 4.74 Å². The van der Waals surface area contributed by atoms with Crippen molar-refractivity contribution in [2.45, 2.75) is 32.8 Å². The molecule has 2 rings (SSSR count). The van der Waals surface area contributed by atoms with Crippen LogP contribution in [0.4, 0.5) is 4.79 Å². The van der Waals surface area contributed by atoms with E-state index in [1.807, 2.05) is 6.92 Å². The maximum Gasteiger partial charge on any atom is 0.410 e. The van der Waals surface area contributed by atoms with Crippen molar-refractivity contribution < 1.29 is 9.53 Å². The molecule has 1 fully saturated rings. The summed E-state index contributed by atoms with van der Waals surface area (Å²) < 4.78 is 5.46. The third kappa shape index (κ3) is 2.50. The lowest BCUT2D eigenvalue weighted by atomic mass is 9.93. The summed E-state index contributed by atoms with van der Waals surface area (Å²) in [4.78, 5) is 13.1. The van der Waals surface area contributed by atoms with Crippen LogP contribution in [0.5, 0.6) is 0 Å². The maximum atomic E-state index is 11.5. The lowest BCUT2D eigenvalue weighted by molar-refractivity contribution is 0.0701. The predicted molar refractivity (Wildman–Crippen MR) is 71.4 cm³/mol. The van der Waals surface area contributed by atoms with E-state index in [0.717, 1.165) is 12.0 Å². The van der Waals surface area contributed by atoms with E-state index in [0.29, 0.717) is 12.5 Å². The molecule has 18 heavy (non-hydrogen) atoms. The number of cyclic esters (lactones) is 1. The van der Waals surface area contributed by atoms with Gasteiger partial charge in [0.15, 0.2) is 5.60 Å². The van der Waals surface area contributed by atoms with Gasteiger partial charge in [-0.3, -0.25) is 0 Å². The van der Waals surface area contributed by atoms with Crippen LogP contribution in [0.2, 0.25) is 0 Å². The standard InChI is InChI=1S/C15H21NO2/c1-11(2)9-12-5-7-13(8-6-12)15(3)10-16(4)14(17)18-15/h5-8,11H,9-10H2,1-4H3. The van der Waals surface area contributed by atoms with E-state index in [1.165, 1.54) is 5.56 Å². The van der Waals surface area contributed by atoms with Gasteiger partial charge in [0.25, 0.3) is 0 Å². The third-order valence-corrected chi connectivity index (χ3v) is 3.37. The van der Waals surface area contributed by atoms with Gasteiger partial charge in [0.1, 0.15) is 0 Å². The van der Waals surface area contributed by atoms with E-state index >= 15 is 0 Å². The van der Waals surface area contributed by atoms with Crippen LogP contribution < -0.4 is 0 Å². The Morgan fingerprint density at radius 2 is 1.94 bits per heavy atom. The zero-order chi connectivity index (χ0) is 13.3. The average molecular weight is 247 g/mol. The Morgan fingerprint density at radius 3 is 2.39 bits per heavy atom. The number of likely N-dealkylation sites (N-methyl/N-ethyl adjacent to an activating group) is 1. The fourth-order valence-corrected chi connectivity index (χ4v) is 2.44. The molecular weight excluding hydrogens is 226 g/mol. The molecule has 0 radical (unpaired) electrons. The highest BCUT2D eigenvalue weighted by Gasteiger charge is 2.40. The first-order valence-corrected chi connectivity index (χ1v) is 6.44. The first-order chi connectivity index (χ1) is 8.40. The third-order valence-electron chi connectivity index (χ3n) is 3.37. The normalized spacial score (nSPS) is 23.6. The maximum absolute atomic E-state index is 11.5. The van der Waals surface area contributed by atoms with Gasteiger partial charge in [-0.15, -0.1) is 0 Å². The van der Waals surface area contributed by atoms with E-state index in [-0.39, 0.29) is 6.09 Å². The van der Waals surface area contributed by atoms with Gasteiger partial charge in [0, 0.05) is 7.05 Å². The van der Waals surface area contributed by atoms with Gasteiger partial charge < -0.3 is 9.64 Å². The molecule has 0 N–H and O–H groups in total. The largest absolute Gasteiger partial charge is 0.436 e. The van der Waals surface area contributed by atoms with Crippen LogP contribution in [0, 0.1) is 5.92 Å². The Bertz CT molecular complexity index is 438. The van der Waals surface area contributed by atoms with E-state index in [9.17, 15) is 4.79 Å². The quantitative estimate of drug-likeness (QED) is 0.821. The van der Waals surface area contributed by atoms with E-state index in [2.05, 4.69) is 38.1 Å². The van der Waals surface area contributed by atoms with Crippen LogP contribution in [-0.4, -0.2) is 24.6 Å². The molecule has 3 nitrogen and oxygen atoms in total. The van der Waals surface area contributed by atoms with Gasteiger partial charge in [0.2, 0.25) is 0 Å². The summed E-state index contributed by atoms with van der Waals surface area (Å²) in [6.07, 6.45) is 0.834. The smallest absolute Gasteiger partial charge is 0.410 e. The van der Waals surface area contributed by atoms with E-state index < -0.39 is 5.60 Å². The minimum atomic E-state index is -0.512. The highest BCUT2D eigenvalue weighted by molar-refractivity contribution is 5.70. The Kier molecular flexibility index (Phi) is 3.33. The molecule has 0 saturated carbocycles. The van der Waals surface area contributed by atoms with Gasteiger partial charge in [-0.1, -0.05) is 38.1 Å². The number of ether oxygens (including phenoxy) is 1. The number of carbonyl (C=O) groups excluding carboxylic acids is 1. The molecule has 3 heteroatoms. The van der Waals surface area contributed by atoms with Crippen molar-refractivity contribution in [1.29, 1.82) is 0 Å². The zero-order valence-corrected chi connectivity index (χ0v) is 11.6. The van der Waals surface area contributed by atoms with Crippen LogP contribution in [-0.2, 0) is 16.8 Å². The minimum Gasteiger partial charge on any atom is -0.436 e. The summed E-state index contributed by atoms with van der Waals surface area (Å²) >= 11 is 0. The predicted octanol–water partition coefficient (Wildman–Crippen LogP) is 3.18. The monoisotopic (exact) mass is 247 g/mol. The van der Waals surface area contributed by atoms with Crippen molar-refractivity contribution in [3.8, 4) is 0 Å². The molecule has 0 aromatic heterocycles. The first kappa shape index (κ1) is 12.9. The molecule has 0 bridgehead atoms. The number of rotatable bonds is 3. The summed E-state index contributed by atoms with van der Waals surface area (Å²) in [7, 11) is 1.76. The second kappa shape index (κ2) is 4.63. The highest BCUT2D eigenvalue weighted by atomic mass is 16.6. The summed E-state index contributed by atoms with van der Waals surface area (Å²) in [6.45, 7) is 6.99. The first-order valence-electron chi connectivity index (χ1n) is 6.44. The lowest BCUT2D eigenvalue weighted by Crippen LogP contribution is -2.27. The van der Waals surface area contributed by atoms with Gasteiger partial charge in [-0.25, -0.2) is 4.79 Å². The zero-order valence-electron chi connectivity index (χ0n) is 11.6. The summed E-state index contributed by atoms with van der Waals surface area (Å²) in [5.74, 6) is 0.655. The van der Waals surface area contributed by atoms with Crippen LogP contribution in [0.3, 0.4) is 0 Å². The Hall–Kier alpha value is -1.51. The van der Waals surface area contributed by atoms with Crippen LogP contribution in [0.1, 0.15) is 31.9 Å². The van der Waals surface area contributed by atoms with Crippen molar-refractivity contribution in [2.75, 3.05) is 13.6 Å². The summed E-state index contributed by atoms with van der Waals surface area (Å²) in [6, 6.07) is 8.41. The number of amides is 1. The molecular formula is C15H21NO2. The van der Waals surface area contributed by atoms with Crippen molar-refractivity contribution in [3.63, 3.8) is 0 Å². The number of benzene rings is 1. The SMILES string of the molecule is CC(C)Cc1ccc(C2(C)CN(C)C(=O)O2)cc1. The fraction of sp³-hybridized carbons (Fsp3) is 0.533. The minimum absolute atomic E-state index is 0.247. The summed E-state index contributed by atoms with van der Waals surface area (Å²) in [5.41, 5.74) is 1.88. The second-order valence-corrected chi connectivity index (χ2v) is 5.75. The van der Waals surface area contributed by atoms with Crippen LogP contribution >= 0.6 is 0 Å². The number of carbonyl (C=O) groups is 1. The molecule has 0 spiro atoms. The molecule has 1 heterocycles. The number of nitrogens with zero attached hydrogens (tertiary/aromatic N) is 1. The Morgan fingerprint density at radius 1 is 1.33 bits per heavy atom. The molecule has 1 atom stereocenters. The van der Waals surface area contributed by atoms with Crippen molar-refractivity contribution in [1.82, 2.24) is 4.90 Å². The topological polar surface area (TPSA) is 29.5 Å². The lowest BCUT2D eigenvalue weighted by Gasteiger charge is -2.22. The molecule has 0 aliphatic carbocycles. The highest BCUT2D eigenvalue weighted by Crippen LogP contribution is 2.32. The van der Waals surface area contributed by atoms with Gasteiger partial charge in [-0.05, 0) is 30.4 Å². The van der Waals surface area contributed by atoms with Gasteiger partial charge in [0.05, 0.1) is 6.54 Å². The average Bonchev–Trinajstić information content (AvgIpc) is 2.54. The van der Waals surface area contributed by atoms with Crippen LogP contribution in [0.25, 0.3) is 0 Å². The van der Waals surface area contributed by atoms with Crippen molar-refractivity contribution in [2.24, 2.45) is 5.92 Å². The molecule has 1 aromatic rings. The molecule has 1 aromatic carbocycles. The second-order valence-electron chi connectivity index (χ2n) is 5.75. The van der Waals surface area contributed by atoms with Gasteiger partial charge >= 0.3 is 6.09 Å². The Balaban J connectivity index is 2.17.